The van der Waals surface area contributed by atoms with Crippen molar-refractivity contribution in [3.05, 3.63) is 59.7 Å². The fourth-order valence-electron chi connectivity index (χ4n) is 2.04. The minimum Gasteiger partial charge on any atom is -0.313 e. The molecule has 0 aliphatic heterocycles. The smallest absolute Gasteiger partial charge is 0.131 e. The summed E-state index contributed by atoms with van der Waals surface area (Å²) in [6.07, 6.45) is 1.04. The summed E-state index contributed by atoms with van der Waals surface area (Å²) < 4.78 is 27.1. The van der Waals surface area contributed by atoms with Crippen LogP contribution in [0.1, 0.15) is 18.9 Å². The summed E-state index contributed by atoms with van der Waals surface area (Å²) in [5, 5.41) is 3.28. The molecule has 0 saturated heterocycles. The van der Waals surface area contributed by atoms with Crippen LogP contribution in [0.3, 0.4) is 0 Å². The van der Waals surface area contributed by atoms with Gasteiger partial charge in [0.25, 0.3) is 0 Å². The van der Waals surface area contributed by atoms with Gasteiger partial charge in [-0.05, 0) is 42.3 Å². The maximum atomic E-state index is 13.8. The number of hydrogen-bond donors (Lipinski definition) is 1. The van der Waals surface area contributed by atoms with Crippen LogP contribution in [0, 0.1) is 11.6 Å². The molecule has 0 radical (unpaired) electrons. The molecule has 0 aliphatic rings. The molecule has 1 N–H and O–H groups in total. The third kappa shape index (κ3) is 3.38. The van der Waals surface area contributed by atoms with Crippen LogP contribution in [-0.4, -0.2) is 6.54 Å². The van der Waals surface area contributed by atoms with Gasteiger partial charge in [-0.3, -0.25) is 0 Å². The molecule has 0 aromatic heterocycles. The van der Waals surface area contributed by atoms with Crippen molar-refractivity contribution >= 4 is 0 Å². The van der Waals surface area contributed by atoms with Crippen LogP contribution < -0.4 is 5.32 Å². The van der Waals surface area contributed by atoms with Crippen molar-refractivity contribution in [2.24, 2.45) is 0 Å². The first-order valence-corrected chi connectivity index (χ1v) is 6.46. The van der Waals surface area contributed by atoms with E-state index in [-0.39, 0.29) is 0 Å². The van der Waals surface area contributed by atoms with Gasteiger partial charge in [-0.2, -0.15) is 0 Å². The molecule has 0 spiro atoms. The quantitative estimate of drug-likeness (QED) is 0.798. The molecule has 19 heavy (non-hydrogen) atoms. The predicted octanol–water partition coefficient (Wildman–Crippen LogP) is 4.13. The van der Waals surface area contributed by atoms with Gasteiger partial charge in [0.1, 0.15) is 11.6 Å². The molecule has 2 aromatic rings. The molecule has 0 bridgehead atoms. The Morgan fingerprint density at radius 1 is 1.00 bits per heavy atom. The number of benzene rings is 2. The minimum absolute atomic E-state index is 0.314. The van der Waals surface area contributed by atoms with Gasteiger partial charge in [-0.15, -0.1) is 0 Å². The van der Waals surface area contributed by atoms with Crippen LogP contribution in [-0.2, 0) is 6.54 Å². The highest BCUT2D eigenvalue weighted by molar-refractivity contribution is 5.68. The number of nitrogens with one attached hydrogen (secondary N) is 1. The second kappa shape index (κ2) is 6.43. The molecule has 100 valence electrons. The minimum atomic E-state index is -0.423. The molecule has 0 saturated carbocycles. The third-order valence-electron chi connectivity index (χ3n) is 2.98. The Balaban J connectivity index is 2.35. The van der Waals surface area contributed by atoms with Gasteiger partial charge in [0.05, 0.1) is 0 Å². The van der Waals surface area contributed by atoms with E-state index >= 15 is 0 Å². The van der Waals surface area contributed by atoms with E-state index in [1.54, 1.807) is 0 Å². The SMILES string of the molecule is CCCNCc1ccccc1-c1cc(F)ccc1F. The van der Waals surface area contributed by atoms with Crippen LogP contribution in [0.25, 0.3) is 11.1 Å². The predicted molar refractivity (Wildman–Crippen MR) is 73.8 cm³/mol. The van der Waals surface area contributed by atoms with E-state index in [9.17, 15) is 8.78 Å². The van der Waals surface area contributed by atoms with Crippen molar-refractivity contribution < 1.29 is 8.78 Å². The topological polar surface area (TPSA) is 12.0 Å². The van der Waals surface area contributed by atoms with Gasteiger partial charge in [0.15, 0.2) is 0 Å². The molecule has 2 aromatic carbocycles. The molecule has 0 aliphatic carbocycles. The summed E-state index contributed by atoms with van der Waals surface area (Å²) in [4.78, 5) is 0. The van der Waals surface area contributed by atoms with E-state index < -0.39 is 11.6 Å². The van der Waals surface area contributed by atoms with E-state index in [1.165, 1.54) is 12.1 Å². The molecule has 0 fully saturated rings. The van der Waals surface area contributed by atoms with Crippen LogP contribution in [0.2, 0.25) is 0 Å². The van der Waals surface area contributed by atoms with Gasteiger partial charge in [0, 0.05) is 12.1 Å². The first-order valence-electron chi connectivity index (χ1n) is 6.46. The first-order chi connectivity index (χ1) is 9.22. The van der Waals surface area contributed by atoms with E-state index in [1.807, 2.05) is 24.3 Å². The highest BCUT2D eigenvalue weighted by Crippen LogP contribution is 2.27. The molecular formula is C16H17F2N. The van der Waals surface area contributed by atoms with Crippen molar-refractivity contribution in [1.82, 2.24) is 5.32 Å². The van der Waals surface area contributed by atoms with E-state index in [0.29, 0.717) is 12.1 Å². The van der Waals surface area contributed by atoms with Crippen LogP contribution in [0.5, 0.6) is 0 Å². The Morgan fingerprint density at radius 2 is 1.79 bits per heavy atom. The van der Waals surface area contributed by atoms with Gasteiger partial charge < -0.3 is 5.32 Å². The normalized spacial score (nSPS) is 10.7. The summed E-state index contributed by atoms with van der Waals surface area (Å²) in [5.74, 6) is -0.822. The lowest BCUT2D eigenvalue weighted by atomic mass is 9.99. The van der Waals surface area contributed by atoms with E-state index in [4.69, 9.17) is 0 Å². The van der Waals surface area contributed by atoms with Gasteiger partial charge in [-0.1, -0.05) is 31.2 Å². The lowest BCUT2D eigenvalue weighted by Gasteiger charge is -2.11. The second-order valence-corrected chi connectivity index (χ2v) is 4.46. The van der Waals surface area contributed by atoms with Crippen molar-refractivity contribution in [1.29, 1.82) is 0 Å². The molecule has 1 nitrogen and oxygen atoms in total. The lowest BCUT2D eigenvalue weighted by Crippen LogP contribution is -2.14. The zero-order chi connectivity index (χ0) is 13.7. The Bertz CT molecular complexity index is 552. The summed E-state index contributed by atoms with van der Waals surface area (Å²) >= 11 is 0. The zero-order valence-corrected chi connectivity index (χ0v) is 10.9. The number of hydrogen-bond acceptors (Lipinski definition) is 1. The summed E-state index contributed by atoms with van der Waals surface area (Å²) in [7, 11) is 0. The van der Waals surface area contributed by atoms with Crippen molar-refractivity contribution in [3.63, 3.8) is 0 Å². The lowest BCUT2D eigenvalue weighted by molar-refractivity contribution is 0.602. The Hall–Kier alpha value is -1.74. The standard InChI is InChI=1S/C16H17F2N/c1-2-9-19-11-12-5-3-4-6-14(12)15-10-13(17)7-8-16(15)18/h3-8,10,19H,2,9,11H2,1H3. The average molecular weight is 261 g/mol. The molecule has 0 heterocycles. The Kier molecular flexibility index (Phi) is 4.63. The fourth-order valence-corrected chi connectivity index (χ4v) is 2.04. The fraction of sp³-hybridized carbons (Fsp3) is 0.250. The molecule has 0 unspecified atom stereocenters. The molecule has 2 rings (SSSR count). The zero-order valence-electron chi connectivity index (χ0n) is 10.9. The molecular weight excluding hydrogens is 244 g/mol. The Morgan fingerprint density at radius 3 is 2.58 bits per heavy atom. The third-order valence-corrected chi connectivity index (χ3v) is 2.98. The highest BCUT2D eigenvalue weighted by Gasteiger charge is 2.10. The van der Waals surface area contributed by atoms with Crippen LogP contribution in [0.4, 0.5) is 8.78 Å². The van der Waals surface area contributed by atoms with Gasteiger partial charge in [-0.25, -0.2) is 8.78 Å². The van der Waals surface area contributed by atoms with Crippen molar-refractivity contribution in [3.8, 4) is 11.1 Å². The van der Waals surface area contributed by atoms with Gasteiger partial charge in [0.2, 0.25) is 0 Å². The average Bonchev–Trinajstić information content (AvgIpc) is 2.42. The highest BCUT2D eigenvalue weighted by atomic mass is 19.1. The monoisotopic (exact) mass is 261 g/mol. The van der Waals surface area contributed by atoms with Gasteiger partial charge >= 0.3 is 0 Å². The van der Waals surface area contributed by atoms with Crippen molar-refractivity contribution in [2.75, 3.05) is 6.54 Å². The summed E-state index contributed by atoms with van der Waals surface area (Å²) in [6, 6.07) is 11.0. The summed E-state index contributed by atoms with van der Waals surface area (Å²) in [6.45, 7) is 3.64. The number of rotatable bonds is 5. The molecule has 3 heteroatoms. The Labute approximate surface area is 112 Å². The van der Waals surface area contributed by atoms with Crippen LogP contribution in [0.15, 0.2) is 42.5 Å². The van der Waals surface area contributed by atoms with Crippen LogP contribution >= 0.6 is 0 Å². The first kappa shape index (κ1) is 13.7. The molecule has 0 amide bonds. The largest absolute Gasteiger partial charge is 0.313 e. The maximum Gasteiger partial charge on any atom is 0.131 e. The number of halogens is 2. The second-order valence-electron chi connectivity index (χ2n) is 4.46. The summed E-state index contributed by atoms with van der Waals surface area (Å²) in [5.41, 5.74) is 2.03. The van der Waals surface area contributed by atoms with E-state index in [0.717, 1.165) is 30.2 Å². The van der Waals surface area contributed by atoms with E-state index in [2.05, 4.69) is 12.2 Å². The molecule has 0 atom stereocenters. The maximum absolute atomic E-state index is 13.8. The van der Waals surface area contributed by atoms with Crippen molar-refractivity contribution in [2.45, 2.75) is 19.9 Å².